The molecule has 0 saturated heterocycles. The molecule has 0 aliphatic carbocycles. The van der Waals surface area contributed by atoms with E-state index in [1.54, 1.807) is 0 Å². The van der Waals surface area contributed by atoms with E-state index in [0.717, 1.165) is 28.5 Å². The summed E-state index contributed by atoms with van der Waals surface area (Å²) in [5.74, 6) is 6.66. The van der Waals surface area contributed by atoms with Crippen LogP contribution in [-0.2, 0) is 15.6 Å². The van der Waals surface area contributed by atoms with Crippen LogP contribution in [0.1, 0.15) is 69.4 Å². The molecular weight excluding hydrogens is 383 g/mol. The minimum atomic E-state index is -2.50. The Hall–Kier alpha value is -1.83. The minimum absolute atomic E-state index is 0.269. The Labute approximate surface area is 175 Å². The summed E-state index contributed by atoms with van der Waals surface area (Å²) in [5.41, 5.74) is 3.13. The van der Waals surface area contributed by atoms with Crippen molar-refractivity contribution in [3.63, 3.8) is 0 Å². The first-order chi connectivity index (χ1) is 14.2. The number of aromatic nitrogens is 1. The van der Waals surface area contributed by atoms with Gasteiger partial charge in [-0.2, -0.15) is 0 Å². The van der Waals surface area contributed by atoms with Crippen LogP contribution < -0.4 is 5.32 Å². The standard InChI is InChI=1S/C23H31N2O3P/c1-2-3-4-5-6-7-8-9-12-20-14-15-21(23-22(20)13-10-17-25-23)19-24-16-11-18-28-29(26)27/h10,13-15,17,24H,2-8,11,16,18-19H2,1H3/p+1. The first-order valence-electron chi connectivity index (χ1n) is 10.6. The van der Waals surface area contributed by atoms with Gasteiger partial charge in [0.25, 0.3) is 0 Å². The molecule has 5 nitrogen and oxygen atoms in total. The van der Waals surface area contributed by atoms with E-state index in [0.29, 0.717) is 19.5 Å². The van der Waals surface area contributed by atoms with Gasteiger partial charge in [-0.05, 0) is 37.1 Å². The number of hydrogen-bond donors (Lipinski definition) is 2. The van der Waals surface area contributed by atoms with E-state index in [2.05, 4.69) is 51.8 Å². The summed E-state index contributed by atoms with van der Waals surface area (Å²) in [6.07, 6.45) is 11.1. The van der Waals surface area contributed by atoms with Crippen molar-refractivity contribution >= 4 is 19.2 Å². The molecule has 1 atom stereocenters. The number of fused-ring (bicyclic) bond motifs is 1. The number of pyridine rings is 1. The van der Waals surface area contributed by atoms with Gasteiger partial charge < -0.3 is 5.32 Å². The van der Waals surface area contributed by atoms with E-state index in [9.17, 15) is 4.57 Å². The summed E-state index contributed by atoms with van der Waals surface area (Å²) < 4.78 is 15.1. The van der Waals surface area contributed by atoms with Crippen molar-refractivity contribution in [2.24, 2.45) is 0 Å². The summed E-state index contributed by atoms with van der Waals surface area (Å²) in [5, 5.41) is 4.42. The van der Waals surface area contributed by atoms with E-state index in [-0.39, 0.29) is 6.61 Å². The number of nitrogens with zero attached hydrogens (tertiary/aromatic N) is 1. The van der Waals surface area contributed by atoms with Crippen molar-refractivity contribution in [1.29, 1.82) is 0 Å². The third-order valence-electron chi connectivity index (χ3n) is 4.75. The predicted molar refractivity (Wildman–Crippen MR) is 119 cm³/mol. The van der Waals surface area contributed by atoms with E-state index in [1.165, 1.54) is 38.5 Å². The van der Waals surface area contributed by atoms with Gasteiger partial charge in [0.2, 0.25) is 0 Å². The molecule has 0 spiro atoms. The molecule has 0 aliphatic heterocycles. The molecule has 0 aliphatic rings. The van der Waals surface area contributed by atoms with Crippen LogP contribution in [0.3, 0.4) is 0 Å². The molecule has 1 unspecified atom stereocenters. The van der Waals surface area contributed by atoms with Crippen LogP contribution in [0.5, 0.6) is 0 Å². The fourth-order valence-corrected chi connectivity index (χ4v) is 3.48. The molecule has 0 fully saturated rings. The Morgan fingerprint density at radius 3 is 2.79 bits per heavy atom. The lowest BCUT2D eigenvalue weighted by Gasteiger charge is -2.08. The summed E-state index contributed by atoms with van der Waals surface area (Å²) in [6.45, 7) is 3.90. The Morgan fingerprint density at radius 1 is 1.14 bits per heavy atom. The van der Waals surface area contributed by atoms with Crippen LogP contribution in [-0.4, -0.2) is 23.0 Å². The van der Waals surface area contributed by atoms with Crippen molar-refractivity contribution < 1.29 is 14.0 Å². The third-order valence-corrected chi connectivity index (χ3v) is 5.15. The molecule has 2 rings (SSSR count). The first kappa shape index (κ1) is 23.4. The number of nitrogens with one attached hydrogen (secondary N) is 1. The Balaban J connectivity index is 1.88. The fourth-order valence-electron chi connectivity index (χ4n) is 3.20. The molecule has 0 saturated carbocycles. The Kier molecular flexibility index (Phi) is 11.5. The van der Waals surface area contributed by atoms with Crippen molar-refractivity contribution in [3.05, 3.63) is 41.6 Å². The fraction of sp³-hybridized carbons (Fsp3) is 0.522. The first-order valence-corrected chi connectivity index (χ1v) is 11.7. The van der Waals surface area contributed by atoms with Gasteiger partial charge in [-0.3, -0.25) is 4.98 Å². The zero-order valence-corrected chi connectivity index (χ0v) is 18.2. The monoisotopic (exact) mass is 415 g/mol. The van der Waals surface area contributed by atoms with Gasteiger partial charge in [0.1, 0.15) is 6.61 Å². The number of rotatable bonds is 13. The quantitative estimate of drug-likeness (QED) is 0.257. The van der Waals surface area contributed by atoms with Gasteiger partial charge in [-0.25, -0.2) is 0 Å². The van der Waals surface area contributed by atoms with Crippen LogP contribution in [0.4, 0.5) is 0 Å². The van der Waals surface area contributed by atoms with E-state index >= 15 is 0 Å². The molecule has 1 heterocycles. The van der Waals surface area contributed by atoms with Crippen molar-refractivity contribution in [2.45, 2.75) is 64.8 Å². The average Bonchev–Trinajstić information content (AvgIpc) is 2.73. The highest BCUT2D eigenvalue weighted by Crippen LogP contribution is 2.20. The number of benzene rings is 1. The van der Waals surface area contributed by atoms with E-state index < -0.39 is 8.25 Å². The average molecular weight is 415 g/mol. The molecule has 0 bridgehead atoms. The van der Waals surface area contributed by atoms with Gasteiger partial charge in [-0.1, -0.05) is 63.0 Å². The highest BCUT2D eigenvalue weighted by Gasteiger charge is 2.10. The lowest BCUT2D eigenvalue weighted by Crippen LogP contribution is -2.16. The smallest absolute Gasteiger partial charge is 0.313 e. The van der Waals surface area contributed by atoms with Gasteiger partial charge in [0, 0.05) is 34.7 Å². The van der Waals surface area contributed by atoms with E-state index in [1.807, 2.05) is 12.3 Å². The zero-order valence-electron chi connectivity index (χ0n) is 17.3. The number of unbranched alkanes of at least 4 members (excludes halogenated alkanes) is 6. The van der Waals surface area contributed by atoms with E-state index in [4.69, 9.17) is 4.89 Å². The highest BCUT2D eigenvalue weighted by molar-refractivity contribution is 7.32. The van der Waals surface area contributed by atoms with Crippen molar-refractivity contribution in [2.75, 3.05) is 13.2 Å². The normalized spacial score (nSPS) is 11.3. The largest absolute Gasteiger partial charge is 0.694 e. The van der Waals surface area contributed by atoms with Gasteiger partial charge >= 0.3 is 8.25 Å². The predicted octanol–water partition coefficient (Wildman–Crippen LogP) is 5.48. The van der Waals surface area contributed by atoms with Crippen LogP contribution in [0, 0.1) is 11.8 Å². The molecule has 1 aromatic heterocycles. The molecule has 2 N–H and O–H groups in total. The molecule has 2 aromatic rings. The molecule has 6 heteroatoms. The lowest BCUT2D eigenvalue weighted by molar-refractivity contribution is 0.276. The molecular formula is C23H32N2O3P+. The number of hydrogen-bond acceptors (Lipinski definition) is 4. The van der Waals surface area contributed by atoms with Gasteiger partial charge in [0.15, 0.2) is 0 Å². The van der Waals surface area contributed by atoms with Gasteiger partial charge in [0.05, 0.1) is 5.52 Å². The summed E-state index contributed by atoms with van der Waals surface area (Å²) in [4.78, 5) is 13.2. The Bertz CT molecular complexity index is 830. The summed E-state index contributed by atoms with van der Waals surface area (Å²) in [6, 6.07) is 8.19. The lowest BCUT2D eigenvalue weighted by atomic mass is 10.0. The van der Waals surface area contributed by atoms with Crippen LogP contribution in [0.25, 0.3) is 10.9 Å². The second-order valence-electron chi connectivity index (χ2n) is 7.09. The molecule has 156 valence electrons. The maximum atomic E-state index is 10.5. The SMILES string of the molecule is CCCCCCCCC#Cc1ccc(CNCCCO[P+](=O)O)c2ncccc12. The van der Waals surface area contributed by atoms with Crippen molar-refractivity contribution in [3.8, 4) is 11.8 Å². The van der Waals surface area contributed by atoms with Crippen LogP contribution in [0.2, 0.25) is 0 Å². The van der Waals surface area contributed by atoms with Crippen molar-refractivity contribution in [1.82, 2.24) is 10.3 Å². The second-order valence-corrected chi connectivity index (χ2v) is 7.83. The summed E-state index contributed by atoms with van der Waals surface area (Å²) in [7, 11) is -2.50. The minimum Gasteiger partial charge on any atom is -0.313 e. The topological polar surface area (TPSA) is 71.5 Å². The summed E-state index contributed by atoms with van der Waals surface area (Å²) >= 11 is 0. The second kappa shape index (κ2) is 14.2. The molecule has 0 radical (unpaired) electrons. The molecule has 1 aromatic carbocycles. The molecule has 29 heavy (non-hydrogen) atoms. The molecule has 0 amide bonds. The van der Waals surface area contributed by atoms with Crippen LogP contribution in [0.15, 0.2) is 30.5 Å². The Morgan fingerprint density at radius 2 is 1.97 bits per heavy atom. The zero-order chi connectivity index (χ0) is 20.7. The highest BCUT2D eigenvalue weighted by atomic mass is 31.1. The van der Waals surface area contributed by atoms with Gasteiger partial charge in [-0.15, -0.1) is 9.42 Å². The van der Waals surface area contributed by atoms with Crippen LogP contribution >= 0.6 is 8.25 Å². The maximum Gasteiger partial charge on any atom is 0.694 e. The third kappa shape index (κ3) is 9.02. The maximum absolute atomic E-state index is 10.5.